The lowest BCUT2D eigenvalue weighted by atomic mass is 10.1. The van der Waals surface area contributed by atoms with Gasteiger partial charge in [0.1, 0.15) is 10.6 Å². The van der Waals surface area contributed by atoms with Crippen LogP contribution in [0.2, 0.25) is 0 Å². The largest absolute Gasteiger partial charge is 0.505 e. The predicted octanol–water partition coefficient (Wildman–Crippen LogP) is 0.963. The van der Waals surface area contributed by atoms with Crippen molar-refractivity contribution in [3.8, 4) is 5.75 Å². The van der Waals surface area contributed by atoms with Gasteiger partial charge in [-0.15, -0.1) is 0 Å². The summed E-state index contributed by atoms with van der Waals surface area (Å²) in [6, 6.07) is 3.37. The number of hydrogen-bond acceptors (Lipinski definition) is 10. The first-order valence-electron chi connectivity index (χ1n) is 9.19. The molecule has 1 aliphatic rings. The third-order valence-corrected chi connectivity index (χ3v) is 6.61. The number of nitro benzene ring substituents is 1. The maximum absolute atomic E-state index is 13.1. The lowest BCUT2D eigenvalue weighted by Gasteiger charge is -2.26. The Morgan fingerprint density at radius 3 is 2.74 bits per heavy atom. The van der Waals surface area contributed by atoms with Gasteiger partial charge in [-0.05, 0) is 13.0 Å². The Morgan fingerprint density at radius 1 is 1.39 bits per heavy atom. The molecule has 0 atom stereocenters. The number of non-ortho nitro benzene ring substituents is 1. The number of morpholine rings is 1. The maximum atomic E-state index is 13.1. The maximum Gasteiger partial charge on any atom is 0.270 e. The number of hydrogen-bond donors (Lipinski definition) is 3. The molecule has 31 heavy (non-hydrogen) atoms. The second-order valence-corrected chi connectivity index (χ2v) is 8.52. The molecule has 1 aromatic heterocycles. The zero-order chi connectivity index (χ0) is 22.6. The topological polar surface area (TPSA) is 167 Å². The van der Waals surface area contributed by atoms with Crippen LogP contribution in [0.5, 0.6) is 5.75 Å². The fourth-order valence-electron chi connectivity index (χ4n) is 2.95. The third kappa shape index (κ3) is 4.80. The molecule has 2 aromatic rings. The van der Waals surface area contributed by atoms with E-state index in [2.05, 4.69) is 15.5 Å². The second-order valence-electron chi connectivity index (χ2n) is 6.61. The van der Waals surface area contributed by atoms with E-state index in [1.165, 1.54) is 22.8 Å². The molecule has 0 amide bonds. The van der Waals surface area contributed by atoms with E-state index in [-0.39, 0.29) is 53.9 Å². The Bertz CT molecular complexity index is 1110. The number of hydrazone groups is 1. The standard InChI is InChI=1S/C18H21N5O7S/c1-12-18(25)15(13(11-24)9-19-12)10-20-21-16-3-2-14(23(26)27)8-17(16)31(28,29)22-4-6-30-7-5-22/h2-3,8-10,21,24-25H,4-7,11H2,1H3. The van der Waals surface area contributed by atoms with Crippen LogP contribution in [0, 0.1) is 17.0 Å². The summed E-state index contributed by atoms with van der Waals surface area (Å²) in [5, 5.41) is 34.8. The molecule has 12 nitrogen and oxygen atoms in total. The Kier molecular flexibility index (Phi) is 6.80. The van der Waals surface area contributed by atoms with Crippen LogP contribution >= 0.6 is 0 Å². The number of aliphatic hydroxyl groups excluding tert-OH is 1. The van der Waals surface area contributed by atoms with E-state index in [9.17, 15) is 28.7 Å². The van der Waals surface area contributed by atoms with E-state index in [4.69, 9.17) is 4.74 Å². The zero-order valence-corrected chi connectivity index (χ0v) is 17.4. The van der Waals surface area contributed by atoms with Crippen LogP contribution in [0.15, 0.2) is 34.4 Å². The second kappa shape index (κ2) is 9.34. The molecule has 0 spiro atoms. The van der Waals surface area contributed by atoms with E-state index in [1.807, 2.05) is 0 Å². The van der Waals surface area contributed by atoms with Gasteiger partial charge in [-0.2, -0.15) is 9.41 Å². The van der Waals surface area contributed by atoms with Gasteiger partial charge in [0, 0.05) is 42.5 Å². The number of nitrogens with one attached hydrogen (secondary N) is 1. The highest BCUT2D eigenvalue weighted by Crippen LogP contribution is 2.30. The summed E-state index contributed by atoms with van der Waals surface area (Å²) in [5.41, 5.74) is 3.05. The normalized spacial score (nSPS) is 15.3. The number of aliphatic hydroxyl groups is 1. The summed E-state index contributed by atoms with van der Waals surface area (Å²) in [5.74, 6) is -0.179. The third-order valence-electron chi connectivity index (χ3n) is 4.67. The van der Waals surface area contributed by atoms with Gasteiger partial charge in [0.2, 0.25) is 10.0 Å². The van der Waals surface area contributed by atoms with E-state index < -0.39 is 21.6 Å². The highest BCUT2D eigenvalue weighted by atomic mass is 32.2. The first kappa shape index (κ1) is 22.6. The van der Waals surface area contributed by atoms with Crippen molar-refractivity contribution in [1.82, 2.24) is 9.29 Å². The van der Waals surface area contributed by atoms with Crippen molar-refractivity contribution in [3.63, 3.8) is 0 Å². The summed E-state index contributed by atoms with van der Waals surface area (Å²) in [6.07, 6.45) is 2.60. The molecule has 0 radical (unpaired) electrons. The highest BCUT2D eigenvalue weighted by Gasteiger charge is 2.30. The number of pyridine rings is 1. The molecule has 1 saturated heterocycles. The molecule has 1 aromatic carbocycles. The minimum atomic E-state index is -4.06. The number of nitro groups is 1. The lowest BCUT2D eigenvalue weighted by Crippen LogP contribution is -2.40. The van der Waals surface area contributed by atoms with E-state index in [0.717, 1.165) is 12.1 Å². The average molecular weight is 451 g/mol. The fourth-order valence-corrected chi connectivity index (χ4v) is 4.51. The summed E-state index contributed by atoms with van der Waals surface area (Å²) < 4.78 is 32.5. The molecule has 1 aliphatic heterocycles. The minimum absolute atomic E-state index is 0.0177. The molecule has 1 fully saturated rings. The Morgan fingerprint density at radius 2 is 2.10 bits per heavy atom. The molecular formula is C18H21N5O7S. The molecule has 0 bridgehead atoms. The molecule has 2 heterocycles. The smallest absolute Gasteiger partial charge is 0.270 e. The van der Waals surface area contributed by atoms with Gasteiger partial charge >= 0.3 is 0 Å². The summed E-state index contributed by atoms with van der Waals surface area (Å²) >= 11 is 0. The molecule has 3 rings (SSSR count). The van der Waals surface area contributed by atoms with Gasteiger partial charge in [-0.25, -0.2) is 8.42 Å². The molecular weight excluding hydrogens is 430 g/mol. The number of sulfonamides is 1. The molecule has 0 aliphatic carbocycles. The lowest BCUT2D eigenvalue weighted by molar-refractivity contribution is -0.385. The number of ether oxygens (including phenoxy) is 1. The van der Waals surface area contributed by atoms with Crippen LogP contribution in [0.1, 0.15) is 16.8 Å². The fraction of sp³-hybridized carbons (Fsp3) is 0.333. The number of rotatable bonds is 7. The van der Waals surface area contributed by atoms with Crippen LogP contribution in [0.3, 0.4) is 0 Å². The molecule has 0 saturated carbocycles. The van der Waals surface area contributed by atoms with Gasteiger partial charge in [0.05, 0.1) is 42.3 Å². The number of anilines is 1. The minimum Gasteiger partial charge on any atom is -0.505 e. The Labute approximate surface area is 178 Å². The van der Waals surface area contributed by atoms with Crippen molar-refractivity contribution in [2.24, 2.45) is 5.10 Å². The number of benzene rings is 1. The average Bonchev–Trinajstić information content (AvgIpc) is 2.77. The predicted molar refractivity (Wildman–Crippen MR) is 110 cm³/mol. The summed E-state index contributed by atoms with van der Waals surface area (Å²) in [6.45, 7) is 1.87. The zero-order valence-electron chi connectivity index (χ0n) is 16.6. The molecule has 0 unspecified atom stereocenters. The van der Waals surface area contributed by atoms with Crippen LogP contribution in [-0.4, -0.2) is 65.4 Å². The van der Waals surface area contributed by atoms with Crippen LogP contribution in [-0.2, 0) is 21.4 Å². The molecule has 13 heteroatoms. The number of nitrogens with zero attached hydrogens (tertiary/aromatic N) is 4. The number of aromatic hydroxyl groups is 1. The Hall–Kier alpha value is -3.13. The van der Waals surface area contributed by atoms with Crippen molar-refractivity contribution in [3.05, 3.63) is 51.3 Å². The van der Waals surface area contributed by atoms with Crippen molar-refractivity contribution in [2.75, 3.05) is 31.7 Å². The summed E-state index contributed by atoms with van der Waals surface area (Å²) in [7, 11) is -4.06. The first-order chi connectivity index (χ1) is 14.8. The van der Waals surface area contributed by atoms with Crippen molar-refractivity contribution < 1.29 is 28.3 Å². The summed E-state index contributed by atoms with van der Waals surface area (Å²) in [4.78, 5) is 14.1. The van der Waals surface area contributed by atoms with Gasteiger partial charge in [0.15, 0.2) is 0 Å². The first-order valence-corrected chi connectivity index (χ1v) is 10.6. The molecule has 3 N–H and O–H groups in total. The van der Waals surface area contributed by atoms with Crippen LogP contribution < -0.4 is 5.43 Å². The highest BCUT2D eigenvalue weighted by molar-refractivity contribution is 7.89. The quantitative estimate of drug-likeness (QED) is 0.315. The van der Waals surface area contributed by atoms with Crippen LogP contribution in [0.4, 0.5) is 11.4 Å². The van der Waals surface area contributed by atoms with Gasteiger partial charge in [-0.1, -0.05) is 0 Å². The SMILES string of the molecule is Cc1ncc(CO)c(C=NNc2ccc([N+](=O)[O-])cc2S(=O)(=O)N2CCOCC2)c1O. The van der Waals surface area contributed by atoms with E-state index >= 15 is 0 Å². The number of aryl methyl sites for hydroxylation is 1. The van der Waals surface area contributed by atoms with Crippen molar-refractivity contribution in [1.29, 1.82) is 0 Å². The van der Waals surface area contributed by atoms with Gasteiger partial charge in [0.25, 0.3) is 5.69 Å². The van der Waals surface area contributed by atoms with Crippen LogP contribution in [0.25, 0.3) is 0 Å². The van der Waals surface area contributed by atoms with Gasteiger partial charge in [-0.3, -0.25) is 20.5 Å². The van der Waals surface area contributed by atoms with Crippen molar-refractivity contribution in [2.45, 2.75) is 18.4 Å². The monoisotopic (exact) mass is 451 g/mol. The molecule has 166 valence electrons. The van der Waals surface area contributed by atoms with E-state index in [1.54, 1.807) is 6.92 Å². The van der Waals surface area contributed by atoms with E-state index in [0.29, 0.717) is 11.3 Å². The Balaban J connectivity index is 1.98. The van der Waals surface area contributed by atoms with Crippen molar-refractivity contribution >= 4 is 27.6 Å². The van der Waals surface area contributed by atoms with Gasteiger partial charge < -0.3 is 14.9 Å². The number of aromatic nitrogens is 1.